The summed E-state index contributed by atoms with van der Waals surface area (Å²) in [5.41, 5.74) is 4.77. The van der Waals surface area contributed by atoms with Crippen LogP contribution in [0, 0.1) is 0 Å². The first-order valence-corrected chi connectivity index (χ1v) is 8.48. The molecule has 0 saturated heterocycles. The highest BCUT2D eigenvalue weighted by molar-refractivity contribution is 6.04. The summed E-state index contributed by atoms with van der Waals surface area (Å²) in [6.45, 7) is 3.77. The molecule has 5 nitrogen and oxygen atoms in total. The lowest BCUT2D eigenvalue weighted by atomic mass is 10.1. The number of nitrogens with zero attached hydrogens (tertiary/aromatic N) is 3. The van der Waals surface area contributed by atoms with Gasteiger partial charge < -0.3 is 10.2 Å². The number of carbonyl (C=O) groups is 1. The molecule has 130 valence electrons. The third-order valence-electron chi connectivity index (χ3n) is 4.09. The van der Waals surface area contributed by atoms with Gasteiger partial charge in [-0.05, 0) is 63.0 Å². The fourth-order valence-electron chi connectivity index (χ4n) is 2.86. The molecule has 0 aromatic heterocycles. The van der Waals surface area contributed by atoms with Crippen LogP contribution in [0.2, 0.25) is 0 Å². The molecule has 3 rings (SSSR count). The van der Waals surface area contributed by atoms with Gasteiger partial charge in [-0.2, -0.15) is 5.10 Å². The van der Waals surface area contributed by atoms with Crippen LogP contribution in [0.3, 0.4) is 0 Å². The van der Waals surface area contributed by atoms with Crippen molar-refractivity contribution >= 4 is 23.0 Å². The highest BCUT2D eigenvalue weighted by Crippen LogP contribution is 2.20. The number of carbonyl (C=O) groups excluding carboxylic acids is 1. The molecule has 1 N–H and O–H groups in total. The maximum absolute atomic E-state index is 12.5. The van der Waals surface area contributed by atoms with Crippen molar-refractivity contribution < 1.29 is 4.79 Å². The Balaban J connectivity index is 1.67. The Morgan fingerprint density at radius 1 is 1.20 bits per heavy atom. The molecule has 0 radical (unpaired) electrons. The monoisotopic (exact) mass is 336 g/mol. The van der Waals surface area contributed by atoms with Crippen LogP contribution in [0.25, 0.3) is 0 Å². The number of hydrogen-bond donors (Lipinski definition) is 1. The van der Waals surface area contributed by atoms with Gasteiger partial charge in [0.25, 0.3) is 5.91 Å². The van der Waals surface area contributed by atoms with E-state index in [0.717, 1.165) is 36.6 Å². The summed E-state index contributed by atoms with van der Waals surface area (Å²) in [4.78, 5) is 14.6. The molecule has 1 aliphatic heterocycles. The van der Waals surface area contributed by atoms with E-state index in [-0.39, 0.29) is 5.91 Å². The first-order valence-electron chi connectivity index (χ1n) is 8.48. The van der Waals surface area contributed by atoms with E-state index in [1.807, 2.05) is 68.5 Å². The Hall–Kier alpha value is -2.66. The zero-order chi connectivity index (χ0) is 17.8. The van der Waals surface area contributed by atoms with Gasteiger partial charge in [-0.25, -0.2) is 0 Å². The Morgan fingerprint density at radius 3 is 2.60 bits per heavy atom. The topological polar surface area (TPSA) is 47.9 Å². The number of rotatable bonds is 5. The van der Waals surface area contributed by atoms with Gasteiger partial charge in [0.1, 0.15) is 0 Å². The Kier molecular flexibility index (Phi) is 5.14. The number of hydrazone groups is 1. The van der Waals surface area contributed by atoms with Crippen LogP contribution < -0.4 is 10.3 Å². The highest BCUT2D eigenvalue weighted by Gasteiger charge is 2.13. The normalized spacial score (nSPS) is 13.9. The average Bonchev–Trinajstić information content (AvgIpc) is 3.01. The third-order valence-corrected chi connectivity index (χ3v) is 4.09. The van der Waals surface area contributed by atoms with Crippen molar-refractivity contribution in [2.45, 2.75) is 19.9 Å². The summed E-state index contributed by atoms with van der Waals surface area (Å²) < 4.78 is 0. The quantitative estimate of drug-likeness (QED) is 0.908. The van der Waals surface area contributed by atoms with Crippen LogP contribution >= 0.6 is 0 Å². The van der Waals surface area contributed by atoms with Gasteiger partial charge in [-0.1, -0.05) is 12.1 Å². The van der Waals surface area contributed by atoms with Crippen LogP contribution in [0.5, 0.6) is 0 Å². The predicted molar refractivity (Wildman–Crippen MR) is 103 cm³/mol. The number of amides is 1. The summed E-state index contributed by atoms with van der Waals surface area (Å²) in [5, 5.41) is 9.42. The maximum atomic E-state index is 12.5. The fraction of sp³-hybridized carbons (Fsp3) is 0.300. The highest BCUT2D eigenvalue weighted by atomic mass is 16.1. The third kappa shape index (κ3) is 4.45. The van der Waals surface area contributed by atoms with E-state index in [1.165, 1.54) is 5.56 Å². The molecule has 5 heteroatoms. The second-order valence-electron chi connectivity index (χ2n) is 6.65. The van der Waals surface area contributed by atoms with Crippen molar-refractivity contribution in [3.63, 3.8) is 0 Å². The van der Waals surface area contributed by atoms with E-state index in [9.17, 15) is 4.79 Å². The zero-order valence-electron chi connectivity index (χ0n) is 15.0. The Bertz CT molecular complexity index is 781. The molecule has 0 unspecified atom stereocenters. The largest absolute Gasteiger partial charge is 0.322 e. The van der Waals surface area contributed by atoms with Crippen LogP contribution in [0.1, 0.15) is 29.3 Å². The average molecular weight is 336 g/mol. The minimum atomic E-state index is -0.102. The minimum Gasteiger partial charge on any atom is -0.322 e. The van der Waals surface area contributed by atoms with E-state index in [2.05, 4.69) is 21.4 Å². The molecule has 1 aliphatic rings. The molecule has 0 spiro atoms. The van der Waals surface area contributed by atoms with Gasteiger partial charge in [0, 0.05) is 36.5 Å². The van der Waals surface area contributed by atoms with Crippen molar-refractivity contribution in [3.8, 4) is 0 Å². The second-order valence-corrected chi connectivity index (χ2v) is 6.65. The lowest BCUT2D eigenvalue weighted by Crippen LogP contribution is -2.15. The molecule has 1 amide bonds. The molecular formula is C20H24N4O. The van der Waals surface area contributed by atoms with E-state index in [0.29, 0.717) is 5.56 Å². The number of nitrogens with one attached hydrogen (secondary N) is 1. The van der Waals surface area contributed by atoms with Gasteiger partial charge in [0.05, 0.1) is 5.69 Å². The molecule has 0 saturated carbocycles. The number of anilines is 2. The fourth-order valence-corrected chi connectivity index (χ4v) is 2.86. The first-order chi connectivity index (χ1) is 12.0. The summed E-state index contributed by atoms with van der Waals surface area (Å²) in [6, 6.07) is 15.5. The molecule has 1 heterocycles. The van der Waals surface area contributed by atoms with E-state index < -0.39 is 0 Å². The molecule has 25 heavy (non-hydrogen) atoms. The van der Waals surface area contributed by atoms with Crippen molar-refractivity contribution in [1.29, 1.82) is 0 Å². The molecule has 0 aliphatic carbocycles. The van der Waals surface area contributed by atoms with Crippen LogP contribution in [0.4, 0.5) is 11.4 Å². The summed E-state index contributed by atoms with van der Waals surface area (Å²) in [6.07, 6.45) is 0.992. The molecule has 0 bridgehead atoms. The molecular weight excluding hydrogens is 312 g/mol. The lowest BCUT2D eigenvalue weighted by Gasteiger charge is -2.14. The molecule has 0 atom stereocenters. The van der Waals surface area contributed by atoms with Crippen molar-refractivity contribution in [2.24, 2.45) is 5.10 Å². The first kappa shape index (κ1) is 17.2. The SMILES string of the molecule is CC1=NN(c2ccc(C(=O)Nc3cccc(CN(C)C)c3)cc2)CC1. The minimum absolute atomic E-state index is 0.102. The molecule has 0 fully saturated rings. The standard InChI is InChI=1S/C20H24N4O/c1-15-11-12-24(22-15)19-9-7-17(8-10-19)20(25)21-18-6-4-5-16(13-18)14-23(2)3/h4-10,13H,11-12,14H2,1-3H3,(H,21,25). The van der Waals surface area contributed by atoms with Gasteiger partial charge >= 0.3 is 0 Å². The lowest BCUT2D eigenvalue weighted by molar-refractivity contribution is 0.102. The summed E-state index contributed by atoms with van der Waals surface area (Å²) >= 11 is 0. The van der Waals surface area contributed by atoms with E-state index in [4.69, 9.17) is 0 Å². The van der Waals surface area contributed by atoms with Gasteiger partial charge in [-0.15, -0.1) is 0 Å². The molecule has 2 aromatic rings. The van der Waals surface area contributed by atoms with E-state index >= 15 is 0 Å². The Morgan fingerprint density at radius 2 is 1.96 bits per heavy atom. The second kappa shape index (κ2) is 7.49. The maximum Gasteiger partial charge on any atom is 0.255 e. The van der Waals surface area contributed by atoms with Crippen molar-refractivity contribution in [1.82, 2.24) is 4.90 Å². The van der Waals surface area contributed by atoms with Crippen LogP contribution in [-0.2, 0) is 6.54 Å². The van der Waals surface area contributed by atoms with Gasteiger partial charge in [-0.3, -0.25) is 9.80 Å². The summed E-state index contributed by atoms with van der Waals surface area (Å²) in [7, 11) is 4.05. The molecule has 2 aromatic carbocycles. The predicted octanol–water partition coefficient (Wildman–Crippen LogP) is 3.59. The van der Waals surface area contributed by atoms with Gasteiger partial charge in [0.15, 0.2) is 0 Å². The Labute approximate surface area is 148 Å². The number of benzene rings is 2. The van der Waals surface area contributed by atoms with Crippen LogP contribution in [-0.4, -0.2) is 37.2 Å². The summed E-state index contributed by atoms with van der Waals surface area (Å²) in [5.74, 6) is -0.102. The van der Waals surface area contributed by atoms with Gasteiger partial charge in [0.2, 0.25) is 0 Å². The van der Waals surface area contributed by atoms with Crippen LogP contribution in [0.15, 0.2) is 53.6 Å². The van der Waals surface area contributed by atoms with Crippen molar-refractivity contribution in [2.75, 3.05) is 31.0 Å². The number of hydrogen-bond acceptors (Lipinski definition) is 4. The zero-order valence-corrected chi connectivity index (χ0v) is 15.0. The smallest absolute Gasteiger partial charge is 0.255 e. The van der Waals surface area contributed by atoms with Crippen molar-refractivity contribution in [3.05, 3.63) is 59.7 Å². The van der Waals surface area contributed by atoms with E-state index in [1.54, 1.807) is 0 Å².